The average Bonchev–Trinajstić information content (AvgIpc) is 3.10. The van der Waals surface area contributed by atoms with Crippen molar-refractivity contribution >= 4 is 5.91 Å². The van der Waals surface area contributed by atoms with E-state index >= 15 is 0 Å². The minimum absolute atomic E-state index is 0.0458. The third-order valence-corrected chi connectivity index (χ3v) is 8.98. The van der Waals surface area contributed by atoms with Gasteiger partial charge in [0.2, 0.25) is 5.91 Å². The van der Waals surface area contributed by atoms with Crippen molar-refractivity contribution in [1.29, 1.82) is 0 Å². The molecule has 2 atom stereocenters. The van der Waals surface area contributed by atoms with Crippen molar-refractivity contribution in [3.05, 3.63) is 72.9 Å². The zero-order valence-corrected chi connectivity index (χ0v) is 32.2. The van der Waals surface area contributed by atoms with Crippen LogP contribution < -0.4 is 5.32 Å². The molecule has 0 bridgehead atoms. The predicted molar refractivity (Wildman–Crippen MR) is 216 cm³/mol. The summed E-state index contributed by atoms with van der Waals surface area (Å²) in [5.74, 6) is -0.0458. The van der Waals surface area contributed by atoms with Gasteiger partial charge in [0.1, 0.15) is 0 Å². The Hall–Kier alpha value is -2.17. The molecule has 0 saturated carbocycles. The molecule has 0 aliphatic carbocycles. The fraction of sp³-hybridized carbons (Fsp3) is 0.711. The molecule has 49 heavy (non-hydrogen) atoms. The van der Waals surface area contributed by atoms with Gasteiger partial charge in [-0.1, -0.05) is 189 Å². The lowest BCUT2D eigenvalue weighted by Crippen LogP contribution is -2.45. The van der Waals surface area contributed by atoms with Crippen LogP contribution in [0.4, 0.5) is 0 Å². The SMILES string of the molecule is CC/C=C\C/C=C\C/C=C\C/C=C\C/C=C\C/C=C\CCCCCCCCCCC(=O)NC(CO)C(O)CCCCCCCCCCCC. The van der Waals surface area contributed by atoms with Crippen LogP contribution in [0, 0.1) is 0 Å². The van der Waals surface area contributed by atoms with Crippen LogP contribution >= 0.6 is 0 Å². The van der Waals surface area contributed by atoms with Crippen LogP contribution in [0.25, 0.3) is 0 Å². The van der Waals surface area contributed by atoms with E-state index in [0.717, 1.165) is 64.2 Å². The highest BCUT2D eigenvalue weighted by Crippen LogP contribution is 2.14. The minimum atomic E-state index is -0.664. The predicted octanol–water partition coefficient (Wildman–Crippen LogP) is 12.7. The number of allylic oxidation sites excluding steroid dienone is 12. The minimum Gasteiger partial charge on any atom is -0.394 e. The Kier molecular flexibility index (Phi) is 38.5. The number of carbonyl (C=O) groups is 1. The standard InChI is InChI=1S/C45H79NO3/c1-3-5-7-9-11-13-15-16-17-18-19-20-21-22-23-24-25-26-27-28-29-30-31-33-35-37-39-41-45(49)46-43(42-47)44(48)40-38-36-34-32-14-12-10-8-6-4-2/h5,7,11,13,16-17,19-20,22-23,25-26,43-44,47-48H,3-4,6,8-10,12,14-15,18,21,24,27-42H2,1-2H3,(H,46,49)/b7-5-,13-11-,17-16-,20-19-,23-22-,26-25-. The van der Waals surface area contributed by atoms with Crippen LogP contribution in [0.1, 0.15) is 187 Å². The van der Waals surface area contributed by atoms with Crippen molar-refractivity contribution in [1.82, 2.24) is 5.32 Å². The molecular formula is C45H79NO3. The topological polar surface area (TPSA) is 69.6 Å². The monoisotopic (exact) mass is 682 g/mol. The van der Waals surface area contributed by atoms with Gasteiger partial charge in [0.05, 0.1) is 18.8 Å². The summed E-state index contributed by atoms with van der Waals surface area (Å²) in [4.78, 5) is 12.4. The highest BCUT2D eigenvalue weighted by Gasteiger charge is 2.19. The van der Waals surface area contributed by atoms with Crippen LogP contribution in [-0.2, 0) is 4.79 Å². The van der Waals surface area contributed by atoms with Gasteiger partial charge in [-0.25, -0.2) is 0 Å². The number of hydrogen-bond donors (Lipinski definition) is 3. The third-order valence-electron chi connectivity index (χ3n) is 8.98. The maximum Gasteiger partial charge on any atom is 0.220 e. The smallest absolute Gasteiger partial charge is 0.220 e. The molecule has 1 amide bonds. The van der Waals surface area contributed by atoms with E-state index < -0.39 is 12.1 Å². The first-order valence-corrected chi connectivity index (χ1v) is 20.6. The van der Waals surface area contributed by atoms with E-state index in [2.05, 4.69) is 92.1 Å². The quantitative estimate of drug-likeness (QED) is 0.0455. The number of nitrogens with one attached hydrogen (secondary N) is 1. The van der Waals surface area contributed by atoms with Crippen molar-refractivity contribution in [2.24, 2.45) is 0 Å². The van der Waals surface area contributed by atoms with Crippen molar-refractivity contribution in [2.75, 3.05) is 6.61 Å². The zero-order valence-electron chi connectivity index (χ0n) is 32.2. The Bertz CT molecular complexity index is 868. The second kappa shape index (κ2) is 40.3. The molecule has 3 N–H and O–H groups in total. The summed E-state index contributed by atoms with van der Waals surface area (Å²) in [5, 5.41) is 23.0. The number of unbranched alkanes of at least 4 members (excludes halogenated alkanes) is 17. The van der Waals surface area contributed by atoms with Crippen LogP contribution in [-0.4, -0.2) is 34.9 Å². The normalized spacial score (nSPS) is 13.8. The van der Waals surface area contributed by atoms with Gasteiger partial charge in [-0.3, -0.25) is 4.79 Å². The molecule has 4 nitrogen and oxygen atoms in total. The Balaban J connectivity index is 3.59. The lowest BCUT2D eigenvalue weighted by atomic mass is 10.0. The maximum atomic E-state index is 12.4. The third kappa shape index (κ3) is 36.9. The summed E-state index contributed by atoms with van der Waals surface area (Å²) in [5.41, 5.74) is 0. The van der Waals surface area contributed by atoms with E-state index in [1.54, 1.807) is 0 Å². The number of amides is 1. The molecule has 0 aliphatic rings. The van der Waals surface area contributed by atoms with Gasteiger partial charge in [-0.05, 0) is 64.2 Å². The van der Waals surface area contributed by atoms with E-state index in [0.29, 0.717) is 12.8 Å². The Labute approximate surface area is 304 Å². The van der Waals surface area contributed by atoms with Gasteiger partial charge in [0.15, 0.2) is 0 Å². The fourth-order valence-electron chi connectivity index (χ4n) is 5.83. The van der Waals surface area contributed by atoms with E-state index in [9.17, 15) is 15.0 Å². The van der Waals surface area contributed by atoms with E-state index in [4.69, 9.17) is 0 Å². The molecule has 282 valence electrons. The summed E-state index contributed by atoms with van der Waals surface area (Å²) >= 11 is 0. The first-order valence-electron chi connectivity index (χ1n) is 20.6. The largest absolute Gasteiger partial charge is 0.394 e. The molecule has 0 heterocycles. The molecule has 4 heteroatoms. The highest BCUT2D eigenvalue weighted by molar-refractivity contribution is 5.76. The molecule has 0 fully saturated rings. The molecule has 0 saturated heterocycles. The first-order chi connectivity index (χ1) is 24.2. The lowest BCUT2D eigenvalue weighted by molar-refractivity contribution is -0.123. The molecular weight excluding hydrogens is 602 g/mol. The molecule has 0 spiro atoms. The molecule has 0 aromatic rings. The molecule has 2 unspecified atom stereocenters. The van der Waals surface area contributed by atoms with Gasteiger partial charge >= 0.3 is 0 Å². The Morgan fingerprint density at radius 3 is 1.35 bits per heavy atom. The number of aliphatic hydroxyl groups is 2. The van der Waals surface area contributed by atoms with Gasteiger partial charge in [-0.15, -0.1) is 0 Å². The highest BCUT2D eigenvalue weighted by atomic mass is 16.3. The second-order valence-corrected chi connectivity index (χ2v) is 13.7. The summed E-state index contributed by atoms with van der Waals surface area (Å²) in [6.07, 6.45) is 56.8. The van der Waals surface area contributed by atoms with Crippen LogP contribution in [0.3, 0.4) is 0 Å². The molecule has 0 rings (SSSR count). The van der Waals surface area contributed by atoms with E-state index in [-0.39, 0.29) is 12.5 Å². The second-order valence-electron chi connectivity index (χ2n) is 13.7. The number of aliphatic hydroxyl groups excluding tert-OH is 2. The maximum absolute atomic E-state index is 12.4. The van der Waals surface area contributed by atoms with Crippen molar-refractivity contribution < 1.29 is 15.0 Å². The summed E-state index contributed by atoms with van der Waals surface area (Å²) in [6, 6.07) is -0.543. The van der Waals surface area contributed by atoms with Crippen molar-refractivity contribution in [3.63, 3.8) is 0 Å². The molecule has 0 aromatic carbocycles. The lowest BCUT2D eigenvalue weighted by Gasteiger charge is -2.22. The zero-order chi connectivity index (χ0) is 35.7. The molecule has 0 aliphatic heterocycles. The number of carbonyl (C=O) groups excluding carboxylic acids is 1. The van der Waals surface area contributed by atoms with Gasteiger partial charge in [-0.2, -0.15) is 0 Å². The van der Waals surface area contributed by atoms with E-state index in [1.807, 2.05) is 0 Å². The van der Waals surface area contributed by atoms with Crippen molar-refractivity contribution in [3.8, 4) is 0 Å². The molecule has 0 aromatic heterocycles. The first kappa shape index (κ1) is 46.8. The summed E-state index contributed by atoms with van der Waals surface area (Å²) < 4.78 is 0. The Morgan fingerprint density at radius 1 is 0.510 bits per heavy atom. The van der Waals surface area contributed by atoms with E-state index in [1.165, 1.54) is 96.3 Å². The number of hydrogen-bond acceptors (Lipinski definition) is 3. The molecule has 0 radical (unpaired) electrons. The van der Waals surface area contributed by atoms with Gasteiger partial charge in [0, 0.05) is 6.42 Å². The summed E-state index contributed by atoms with van der Waals surface area (Å²) in [7, 11) is 0. The fourth-order valence-corrected chi connectivity index (χ4v) is 5.83. The van der Waals surface area contributed by atoms with Crippen LogP contribution in [0.15, 0.2) is 72.9 Å². The Morgan fingerprint density at radius 2 is 0.898 bits per heavy atom. The van der Waals surface area contributed by atoms with Crippen LogP contribution in [0.5, 0.6) is 0 Å². The van der Waals surface area contributed by atoms with Gasteiger partial charge in [0.25, 0.3) is 0 Å². The van der Waals surface area contributed by atoms with Crippen LogP contribution in [0.2, 0.25) is 0 Å². The van der Waals surface area contributed by atoms with Gasteiger partial charge < -0.3 is 15.5 Å². The summed E-state index contributed by atoms with van der Waals surface area (Å²) in [6.45, 7) is 4.21. The average molecular weight is 682 g/mol. The number of rotatable bonds is 36. The van der Waals surface area contributed by atoms with Crippen molar-refractivity contribution in [2.45, 2.75) is 199 Å².